The van der Waals surface area contributed by atoms with Gasteiger partial charge in [-0.15, -0.1) is 0 Å². The van der Waals surface area contributed by atoms with Crippen LogP contribution in [0.15, 0.2) is 0 Å². The van der Waals surface area contributed by atoms with Gasteiger partial charge < -0.3 is 58.7 Å². The van der Waals surface area contributed by atoms with Crippen LogP contribution in [-0.4, -0.2) is 118 Å². The zero-order valence-electron chi connectivity index (χ0n) is 16.4. The van der Waals surface area contributed by atoms with Gasteiger partial charge in [-0.2, -0.15) is 0 Å². The summed E-state index contributed by atoms with van der Waals surface area (Å²) in [5.74, 6) is 0. The third kappa shape index (κ3) is 15.3. The molecular weight excluding hydrogens is 666 g/mol. The Kier molecular flexibility index (Phi) is 13.7. The van der Waals surface area contributed by atoms with Crippen LogP contribution < -0.4 is 0 Å². The second-order valence-electron chi connectivity index (χ2n) is 6.36. The van der Waals surface area contributed by atoms with E-state index >= 15 is 0 Å². The first-order valence-corrected chi connectivity index (χ1v) is 17.2. The topological polar surface area (TPSA) is 401 Å². The molecule has 24 nitrogen and oxygen atoms in total. The van der Waals surface area contributed by atoms with Crippen LogP contribution >= 0.6 is 46.9 Å². The zero-order chi connectivity index (χ0) is 28.7. The van der Waals surface area contributed by atoms with E-state index in [9.17, 15) is 27.4 Å². The molecule has 1 fully saturated rings. The first-order chi connectivity index (χ1) is 15.6. The highest BCUT2D eigenvalue weighted by atomic mass is 31.2. The van der Waals surface area contributed by atoms with Gasteiger partial charge in [0.2, 0.25) is 0 Å². The molecule has 220 valence electrons. The van der Waals surface area contributed by atoms with Gasteiger partial charge in [0.1, 0.15) is 36.6 Å². The molecule has 1 aliphatic carbocycles. The fraction of sp³-hybridized carbons (Fsp3) is 1.00. The fourth-order valence-corrected chi connectivity index (χ4v) is 6.14. The van der Waals surface area contributed by atoms with Gasteiger partial charge in [-0.1, -0.05) is 0 Å². The van der Waals surface area contributed by atoms with Crippen molar-refractivity contribution >= 4 is 70.0 Å². The maximum Gasteiger partial charge on any atom is 0.470 e. The number of phosphoric ester groups is 6. The molecule has 0 aromatic heterocycles. The summed E-state index contributed by atoms with van der Waals surface area (Å²) in [4.78, 5) is 110. The van der Waals surface area contributed by atoms with Crippen molar-refractivity contribution in [2.75, 3.05) is 0 Å². The van der Waals surface area contributed by atoms with Crippen LogP contribution in [0, 0.1) is 0 Å². The molecule has 0 saturated heterocycles. The molecule has 0 aliphatic heterocycles. The second-order valence-corrected chi connectivity index (χ2v) is 13.5. The molecule has 1 rings (SSSR count). The molecule has 37 heavy (non-hydrogen) atoms. The Morgan fingerprint density at radius 3 is 0.432 bits per heavy atom. The average molecular weight is 686 g/mol. The Balaban J connectivity index is 0.0000130. The normalized spacial score (nSPS) is 28.5. The van der Waals surface area contributed by atoms with Gasteiger partial charge in [0.05, 0.1) is 0 Å². The Bertz CT molecular complexity index is 824. The summed E-state index contributed by atoms with van der Waals surface area (Å²) in [6.07, 6.45) is -18.9. The fourth-order valence-electron chi connectivity index (χ4n) is 2.79. The molecule has 0 spiro atoms. The minimum Gasteiger partial charge on any atom is -0.303 e. The molecule has 0 heterocycles. The Hall–Kier alpha value is 1.43. The van der Waals surface area contributed by atoms with E-state index in [-0.39, 0.29) is 23.1 Å². The van der Waals surface area contributed by atoms with Gasteiger partial charge in [0.25, 0.3) is 0 Å². The molecule has 1 saturated carbocycles. The predicted molar refractivity (Wildman–Crippen MR) is 110 cm³/mol. The van der Waals surface area contributed by atoms with Gasteiger partial charge in [-0.05, 0) is 0 Å². The van der Waals surface area contributed by atoms with Crippen LogP contribution in [0.2, 0.25) is 0 Å². The van der Waals surface area contributed by atoms with Crippen molar-refractivity contribution in [1.82, 2.24) is 0 Å². The number of hydrogen-bond donors (Lipinski definition) is 12. The van der Waals surface area contributed by atoms with Crippen molar-refractivity contribution in [3.05, 3.63) is 0 Å². The maximum atomic E-state index is 11.4. The summed E-state index contributed by atoms with van der Waals surface area (Å²) in [6, 6.07) is 0. The summed E-state index contributed by atoms with van der Waals surface area (Å²) in [5, 5.41) is 0. The van der Waals surface area contributed by atoms with Gasteiger partial charge in [0, 0.05) is 0 Å². The van der Waals surface area contributed by atoms with E-state index in [1.54, 1.807) is 0 Å². The SMILES string of the molecule is O=P(O)(O)O[C@H]1[C@H](OP(=O)(O)O)[C@@H](OP(=O)(O)O)[C@H](OP(=O)(O)O)[C@@H](OP(=O)(O)O)[C@H]1OP(=O)(O)O.[MgH2]. The van der Waals surface area contributed by atoms with Crippen molar-refractivity contribution in [1.29, 1.82) is 0 Å². The van der Waals surface area contributed by atoms with Crippen LogP contribution in [0.1, 0.15) is 0 Å². The van der Waals surface area contributed by atoms with Gasteiger partial charge in [-0.3, -0.25) is 27.1 Å². The number of hydrogen-bond acceptors (Lipinski definition) is 12. The van der Waals surface area contributed by atoms with Crippen LogP contribution in [0.4, 0.5) is 0 Å². The number of rotatable bonds is 12. The Morgan fingerprint density at radius 1 is 0.297 bits per heavy atom. The van der Waals surface area contributed by atoms with E-state index in [1.165, 1.54) is 0 Å². The summed E-state index contributed by atoms with van der Waals surface area (Å²) in [5.41, 5.74) is 0. The quantitative estimate of drug-likeness (QED) is 0.0686. The maximum absolute atomic E-state index is 11.4. The van der Waals surface area contributed by atoms with E-state index in [4.69, 9.17) is 58.7 Å². The Labute approximate surface area is 219 Å². The second kappa shape index (κ2) is 13.2. The molecule has 0 aromatic rings. The van der Waals surface area contributed by atoms with Gasteiger partial charge >= 0.3 is 70.0 Å². The zero-order valence-corrected chi connectivity index (χ0v) is 21.8. The third-order valence-electron chi connectivity index (χ3n) is 3.50. The van der Waals surface area contributed by atoms with Gasteiger partial charge in [0.15, 0.2) is 0 Å². The van der Waals surface area contributed by atoms with E-state index in [1.807, 2.05) is 0 Å². The highest BCUT2D eigenvalue weighted by molar-refractivity contribution is 7.47. The first-order valence-electron chi connectivity index (χ1n) is 8.01. The summed E-state index contributed by atoms with van der Waals surface area (Å²) >= 11 is 0. The molecule has 0 unspecified atom stereocenters. The van der Waals surface area contributed by atoms with E-state index in [0.717, 1.165) is 0 Å². The average Bonchev–Trinajstić information content (AvgIpc) is 2.51. The standard InChI is InChI=1S/C6H18O24P6.Mg.2H/c7-31(8,9)25-1-2(26-32(10,11)12)4(28-34(16,17)18)6(30-36(22,23)24)5(29-35(19,20)21)3(1)27-33(13,14)15;;;/h1-6H,(H2,7,8,9)(H2,10,11,12)(H2,13,14,15)(H2,16,17,18)(H2,19,20,21)(H2,22,23,24);;;/t1-,2-,3-,4+,5-,6-;;;. The third-order valence-corrected chi connectivity index (χ3v) is 6.61. The van der Waals surface area contributed by atoms with E-state index < -0.39 is 83.6 Å². The van der Waals surface area contributed by atoms with Crippen molar-refractivity contribution in [3.63, 3.8) is 0 Å². The molecule has 0 atom stereocenters. The lowest BCUT2D eigenvalue weighted by Crippen LogP contribution is -2.66. The van der Waals surface area contributed by atoms with Crippen LogP contribution in [0.5, 0.6) is 0 Å². The summed E-state index contributed by atoms with van der Waals surface area (Å²) in [7, 11) is -36.1. The summed E-state index contributed by atoms with van der Waals surface area (Å²) < 4.78 is 93.1. The predicted octanol–water partition coefficient (Wildman–Crippen LogP) is -4.05. The molecular formula is C6H20MgO24P6. The lowest BCUT2D eigenvalue weighted by Gasteiger charge is -2.48. The smallest absolute Gasteiger partial charge is 0.303 e. The monoisotopic (exact) mass is 686 g/mol. The molecule has 0 aromatic carbocycles. The van der Waals surface area contributed by atoms with Crippen LogP contribution in [0.3, 0.4) is 0 Å². The van der Waals surface area contributed by atoms with Gasteiger partial charge in [-0.25, -0.2) is 27.4 Å². The molecule has 0 radical (unpaired) electrons. The van der Waals surface area contributed by atoms with Crippen molar-refractivity contribution in [2.24, 2.45) is 0 Å². The highest BCUT2D eigenvalue weighted by Crippen LogP contribution is 2.57. The lowest BCUT2D eigenvalue weighted by atomic mass is 9.85. The largest absolute Gasteiger partial charge is 0.470 e. The number of phosphoric acid groups is 6. The lowest BCUT2D eigenvalue weighted by molar-refractivity contribution is -0.202. The van der Waals surface area contributed by atoms with E-state index in [2.05, 4.69) is 27.1 Å². The van der Waals surface area contributed by atoms with Crippen LogP contribution in [0.25, 0.3) is 0 Å². The summed E-state index contributed by atoms with van der Waals surface area (Å²) in [6.45, 7) is 0. The van der Waals surface area contributed by atoms with E-state index in [0.29, 0.717) is 0 Å². The molecule has 0 bridgehead atoms. The van der Waals surface area contributed by atoms with Crippen LogP contribution in [-0.2, 0) is 54.5 Å². The molecule has 0 amide bonds. The minimum absolute atomic E-state index is 0. The molecule has 12 N–H and O–H groups in total. The van der Waals surface area contributed by atoms with Crippen molar-refractivity contribution < 1.29 is 113 Å². The van der Waals surface area contributed by atoms with Crippen molar-refractivity contribution in [2.45, 2.75) is 36.6 Å². The van der Waals surface area contributed by atoms with Crippen molar-refractivity contribution in [3.8, 4) is 0 Å². The highest BCUT2D eigenvalue weighted by Gasteiger charge is 2.62. The minimum atomic E-state index is -6.02. The molecule has 1 aliphatic rings. The molecule has 31 heteroatoms. The first kappa shape index (κ1) is 38.4. The Morgan fingerprint density at radius 2 is 0.378 bits per heavy atom.